The number of carbonyl (C=O) groups is 1. The topological polar surface area (TPSA) is 29.1 Å². The average Bonchev–Trinajstić information content (AvgIpc) is 1.98. The van der Waals surface area contributed by atoms with E-state index in [-0.39, 0.29) is 5.91 Å². The molecule has 0 bridgehead atoms. The first kappa shape index (κ1) is 9.94. The molecular formula is C7H12INO. The van der Waals surface area contributed by atoms with Crippen molar-refractivity contribution in [1.82, 2.24) is 5.32 Å². The fraction of sp³-hybridized carbons (Fsp3) is 0.571. The molecule has 0 rings (SSSR count). The molecule has 0 saturated heterocycles. The van der Waals surface area contributed by atoms with Crippen molar-refractivity contribution in [2.75, 3.05) is 11.5 Å². The van der Waals surface area contributed by atoms with Gasteiger partial charge in [0.05, 0.1) is 0 Å². The lowest BCUT2D eigenvalue weighted by Gasteiger charge is -1.89. The van der Waals surface area contributed by atoms with E-state index in [0.717, 1.165) is 17.3 Å². The Balaban J connectivity index is 3.27. The Hall–Kier alpha value is -0.0600. The third-order valence-electron chi connectivity index (χ3n) is 1.02. The van der Waals surface area contributed by atoms with Gasteiger partial charge in [0, 0.05) is 7.05 Å². The van der Waals surface area contributed by atoms with Crippen LogP contribution in [0.15, 0.2) is 12.2 Å². The van der Waals surface area contributed by atoms with Crippen molar-refractivity contribution >= 4 is 28.5 Å². The van der Waals surface area contributed by atoms with Crippen LogP contribution >= 0.6 is 22.6 Å². The molecule has 2 nitrogen and oxygen atoms in total. The number of allylic oxidation sites excluding steroid dienone is 1. The highest BCUT2D eigenvalue weighted by Crippen LogP contribution is 1.94. The van der Waals surface area contributed by atoms with Gasteiger partial charge in [-0.3, -0.25) is 4.79 Å². The van der Waals surface area contributed by atoms with E-state index in [4.69, 9.17) is 0 Å². The summed E-state index contributed by atoms with van der Waals surface area (Å²) in [5, 5.41) is 2.51. The van der Waals surface area contributed by atoms with Crippen LogP contribution in [0.1, 0.15) is 12.8 Å². The van der Waals surface area contributed by atoms with Gasteiger partial charge in [-0.2, -0.15) is 0 Å². The van der Waals surface area contributed by atoms with E-state index in [1.807, 2.05) is 6.08 Å². The summed E-state index contributed by atoms with van der Waals surface area (Å²) in [5.74, 6) is -0.0199. The lowest BCUT2D eigenvalue weighted by Crippen LogP contribution is -2.13. The molecule has 0 heterocycles. The van der Waals surface area contributed by atoms with Crippen LogP contribution in [0, 0.1) is 0 Å². The Morgan fingerprint density at radius 2 is 2.40 bits per heavy atom. The molecule has 0 aliphatic carbocycles. The first-order valence-electron chi connectivity index (χ1n) is 3.25. The summed E-state index contributed by atoms with van der Waals surface area (Å²) in [7, 11) is 1.63. The van der Waals surface area contributed by atoms with Gasteiger partial charge in [0.1, 0.15) is 0 Å². The van der Waals surface area contributed by atoms with E-state index >= 15 is 0 Å². The predicted molar refractivity (Wildman–Crippen MR) is 51.3 cm³/mol. The number of nitrogens with one attached hydrogen (secondary N) is 1. The molecule has 0 aromatic heterocycles. The standard InChI is InChI=1S/C7H12INO/c1-9-7(10)5-3-2-4-6-8/h3,5H,2,4,6H2,1H3,(H,9,10). The summed E-state index contributed by atoms with van der Waals surface area (Å²) < 4.78 is 1.15. The zero-order valence-corrected chi connectivity index (χ0v) is 8.22. The SMILES string of the molecule is CNC(=O)C=CCCCI. The minimum absolute atomic E-state index is 0.0199. The van der Waals surface area contributed by atoms with Crippen molar-refractivity contribution in [3.63, 3.8) is 0 Å². The maximum Gasteiger partial charge on any atom is 0.243 e. The molecule has 0 aliphatic heterocycles. The molecule has 10 heavy (non-hydrogen) atoms. The van der Waals surface area contributed by atoms with E-state index < -0.39 is 0 Å². The van der Waals surface area contributed by atoms with Crippen LogP contribution in [0.4, 0.5) is 0 Å². The van der Waals surface area contributed by atoms with Gasteiger partial charge in [0.25, 0.3) is 0 Å². The summed E-state index contributed by atoms with van der Waals surface area (Å²) in [4.78, 5) is 10.6. The summed E-state index contributed by atoms with van der Waals surface area (Å²) in [6.45, 7) is 0. The van der Waals surface area contributed by atoms with Crippen molar-refractivity contribution in [3.8, 4) is 0 Å². The molecule has 0 aliphatic rings. The van der Waals surface area contributed by atoms with Gasteiger partial charge in [-0.15, -0.1) is 0 Å². The average molecular weight is 253 g/mol. The monoisotopic (exact) mass is 253 g/mol. The van der Waals surface area contributed by atoms with Gasteiger partial charge in [0.15, 0.2) is 0 Å². The molecule has 0 spiro atoms. The number of likely N-dealkylation sites (N-methyl/N-ethyl adjacent to an activating group) is 1. The fourth-order valence-electron chi connectivity index (χ4n) is 0.469. The summed E-state index contributed by atoms with van der Waals surface area (Å²) in [6, 6.07) is 0. The lowest BCUT2D eigenvalue weighted by molar-refractivity contribution is -0.116. The highest BCUT2D eigenvalue weighted by atomic mass is 127. The number of rotatable bonds is 4. The fourth-order valence-corrected chi connectivity index (χ4v) is 0.909. The van der Waals surface area contributed by atoms with Crippen molar-refractivity contribution in [3.05, 3.63) is 12.2 Å². The van der Waals surface area contributed by atoms with Crippen molar-refractivity contribution in [1.29, 1.82) is 0 Å². The predicted octanol–water partition coefficient (Wildman–Crippen LogP) is 1.50. The molecular weight excluding hydrogens is 241 g/mol. The highest BCUT2D eigenvalue weighted by molar-refractivity contribution is 14.1. The third kappa shape index (κ3) is 6.07. The number of halogens is 1. The second-order valence-corrected chi connectivity index (χ2v) is 2.93. The Labute approximate surface area is 75.2 Å². The van der Waals surface area contributed by atoms with Crippen LogP contribution < -0.4 is 5.32 Å². The number of unbranched alkanes of at least 4 members (excludes halogenated alkanes) is 1. The van der Waals surface area contributed by atoms with Crippen molar-refractivity contribution in [2.24, 2.45) is 0 Å². The quantitative estimate of drug-likeness (QED) is 0.350. The number of hydrogen-bond donors (Lipinski definition) is 1. The van der Waals surface area contributed by atoms with Gasteiger partial charge in [-0.1, -0.05) is 28.7 Å². The van der Waals surface area contributed by atoms with Crippen molar-refractivity contribution < 1.29 is 4.79 Å². The smallest absolute Gasteiger partial charge is 0.243 e. The third-order valence-corrected chi connectivity index (χ3v) is 1.78. The Bertz CT molecular complexity index is 123. The van der Waals surface area contributed by atoms with Gasteiger partial charge >= 0.3 is 0 Å². The second kappa shape index (κ2) is 7.05. The minimum Gasteiger partial charge on any atom is -0.356 e. The highest BCUT2D eigenvalue weighted by Gasteiger charge is 1.85. The molecule has 58 valence electrons. The molecule has 0 aromatic carbocycles. The zero-order chi connectivity index (χ0) is 7.82. The van der Waals surface area contributed by atoms with Crippen LogP contribution in [0.5, 0.6) is 0 Å². The second-order valence-electron chi connectivity index (χ2n) is 1.85. The maximum atomic E-state index is 10.6. The first-order valence-corrected chi connectivity index (χ1v) is 4.78. The summed E-state index contributed by atoms with van der Waals surface area (Å²) in [6.07, 6.45) is 5.62. The van der Waals surface area contributed by atoms with E-state index in [2.05, 4.69) is 27.9 Å². The molecule has 1 N–H and O–H groups in total. The molecule has 0 aromatic rings. The molecule has 0 atom stereocenters. The molecule has 3 heteroatoms. The number of alkyl halides is 1. The zero-order valence-electron chi connectivity index (χ0n) is 6.06. The van der Waals surface area contributed by atoms with Crippen LogP contribution in [0.2, 0.25) is 0 Å². The molecule has 1 amide bonds. The van der Waals surface area contributed by atoms with E-state index in [1.165, 1.54) is 0 Å². The van der Waals surface area contributed by atoms with Gasteiger partial charge in [-0.05, 0) is 23.3 Å². The molecule has 0 radical (unpaired) electrons. The minimum atomic E-state index is -0.0199. The van der Waals surface area contributed by atoms with Gasteiger partial charge < -0.3 is 5.32 Å². The number of hydrogen-bond acceptors (Lipinski definition) is 1. The normalized spacial score (nSPS) is 10.2. The van der Waals surface area contributed by atoms with Crippen molar-refractivity contribution in [2.45, 2.75) is 12.8 Å². The largest absolute Gasteiger partial charge is 0.356 e. The van der Waals surface area contributed by atoms with Crippen LogP contribution in [-0.2, 0) is 4.79 Å². The van der Waals surface area contributed by atoms with E-state index in [9.17, 15) is 4.79 Å². The number of amides is 1. The summed E-state index contributed by atoms with van der Waals surface area (Å²) >= 11 is 2.32. The Kier molecular flexibility index (Phi) is 7.01. The Morgan fingerprint density at radius 1 is 1.70 bits per heavy atom. The van der Waals surface area contributed by atoms with E-state index in [1.54, 1.807) is 13.1 Å². The van der Waals surface area contributed by atoms with Crippen LogP contribution in [-0.4, -0.2) is 17.4 Å². The number of carbonyl (C=O) groups excluding carboxylic acids is 1. The van der Waals surface area contributed by atoms with Crippen LogP contribution in [0.3, 0.4) is 0 Å². The lowest BCUT2D eigenvalue weighted by atomic mass is 10.3. The van der Waals surface area contributed by atoms with Gasteiger partial charge in [-0.25, -0.2) is 0 Å². The Morgan fingerprint density at radius 3 is 2.90 bits per heavy atom. The molecule has 0 unspecified atom stereocenters. The van der Waals surface area contributed by atoms with Gasteiger partial charge in [0.2, 0.25) is 5.91 Å². The summed E-state index contributed by atoms with van der Waals surface area (Å²) in [5.41, 5.74) is 0. The first-order chi connectivity index (χ1) is 4.81. The molecule has 0 saturated carbocycles. The maximum absolute atomic E-state index is 10.6. The van der Waals surface area contributed by atoms with Crippen LogP contribution in [0.25, 0.3) is 0 Å². The van der Waals surface area contributed by atoms with E-state index in [0.29, 0.717) is 0 Å². The molecule has 0 fully saturated rings.